The van der Waals surface area contributed by atoms with Gasteiger partial charge in [-0.2, -0.15) is 10.5 Å². The lowest BCUT2D eigenvalue weighted by Crippen LogP contribution is -2.02. The number of benzene rings is 1. The van der Waals surface area contributed by atoms with Crippen LogP contribution in [0.25, 0.3) is 11.3 Å². The molecular formula is C15H10N4O3. The van der Waals surface area contributed by atoms with Gasteiger partial charge in [-0.3, -0.25) is 4.79 Å². The molecule has 0 bridgehead atoms. The van der Waals surface area contributed by atoms with E-state index in [9.17, 15) is 4.79 Å². The first kappa shape index (κ1) is 14.9. The Balaban J connectivity index is 2.79. The minimum absolute atomic E-state index is 0.0826. The Hall–Kier alpha value is -3.45. The van der Waals surface area contributed by atoms with E-state index in [4.69, 9.17) is 20.0 Å². The van der Waals surface area contributed by atoms with Crippen molar-refractivity contribution in [1.29, 1.82) is 10.5 Å². The first-order chi connectivity index (χ1) is 10.7. The van der Waals surface area contributed by atoms with Crippen molar-refractivity contribution in [3.05, 3.63) is 35.3 Å². The molecule has 0 fully saturated rings. The van der Waals surface area contributed by atoms with Gasteiger partial charge in [-0.15, -0.1) is 0 Å². The van der Waals surface area contributed by atoms with E-state index in [0.29, 0.717) is 23.3 Å². The SMILES string of the molecule is COc1ccc(OC)c(-c2cnc(C#N)c(C#N)n2)c1C=O. The maximum Gasteiger partial charge on any atom is 0.177 e. The highest BCUT2D eigenvalue weighted by Crippen LogP contribution is 2.36. The second-order valence-corrected chi connectivity index (χ2v) is 4.05. The quantitative estimate of drug-likeness (QED) is 0.789. The summed E-state index contributed by atoms with van der Waals surface area (Å²) in [6, 6.07) is 6.80. The van der Waals surface area contributed by atoms with Crippen molar-refractivity contribution in [1.82, 2.24) is 9.97 Å². The van der Waals surface area contributed by atoms with E-state index in [1.165, 1.54) is 20.4 Å². The molecule has 2 rings (SSSR count). The van der Waals surface area contributed by atoms with Crippen LogP contribution in [0.15, 0.2) is 18.3 Å². The molecule has 1 aromatic carbocycles. The Morgan fingerprint density at radius 3 is 2.27 bits per heavy atom. The summed E-state index contributed by atoms with van der Waals surface area (Å²) >= 11 is 0. The maximum absolute atomic E-state index is 11.4. The molecule has 0 unspecified atom stereocenters. The standard InChI is InChI=1S/C15H10N4O3/c1-21-13-3-4-14(22-2)15(9(13)8-20)12-7-18-10(5-16)11(6-17)19-12/h3-4,7-8H,1-2H3. The van der Waals surface area contributed by atoms with Gasteiger partial charge in [0.25, 0.3) is 0 Å². The molecule has 0 aliphatic heterocycles. The molecule has 0 saturated heterocycles. The van der Waals surface area contributed by atoms with Crippen LogP contribution in [-0.4, -0.2) is 30.5 Å². The Morgan fingerprint density at radius 1 is 1.09 bits per heavy atom. The highest BCUT2D eigenvalue weighted by molar-refractivity contribution is 5.93. The minimum atomic E-state index is -0.123. The highest BCUT2D eigenvalue weighted by Gasteiger charge is 2.19. The minimum Gasteiger partial charge on any atom is -0.496 e. The number of ether oxygens (including phenoxy) is 2. The second kappa shape index (κ2) is 6.33. The molecule has 0 aliphatic carbocycles. The van der Waals surface area contributed by atoms with Crippen molar-refractivity contribution in [3.8, 4) is 34.9 Å². The third-order valence-electron chi connectivity index (χ3n) is 2.97. The summed E-state index contributed by atoms with van der Waals surface area (Å²) in [4.78, 5) is 19.4. The average Bonchev–Trinajstić information content (AvgIpc) is 2.59. The molecule has 22 heavy (non-hydrogen) atoms. The van der Waals surface area contributed by atoms with Crippen LogP contribution in [0.3, 0.4) is 0 Å². The molecule has 0 saturated carbocycles. The zero-order chi connectivity index (χ0) is 16.1. The predicted molar refractivity (Wildman–Crippen MR) is 75.4 cm³/mol. The summed E-state index contributed by atoms with van der Waals surface area (Å²) in [5, 5.41) is 17.9. The van der Waals surface area contributed by atoms with Crippen molar-refractivity contribution >= 4 is 6.29 Å². The van der Waals surface area contributed by atoms with Gasteiger partial charge in [-0.1, -0.05) is 0 Å². The monoisotopic (exact) mass is 294 g/mol. The number of carbonyl (C=O) groups is 1. The number of carbonyl (C=O) groups excluding carboxylic acids is 1. The maximum atomic E-state index is 11.4. The van der Waals surface area contributed by atoms with E-state index in [-0.39, 0.29) is 22.6 Å². The lowest BCUT2D eigenvalue weighted by Gasteiger charge is -2.13. The number of hydrogen-bond donors (Lipinski definition) is 0. The summed E-state index contributed by atoms with van der Waals surface area (Å²) in [5.74, 6) is 0.723. The van der Waals surface area contributed by atoms with E-state index in [1.54, 1.807) is 24.3 Å². The number of nitriles is 2. The molecule has 1 aromatic heterocycles. The van der Waals surface area contributed by atoms with Crippen LogP contribution in [0.1, 0.15) is 21.7 Å². The number of rotatable bonds is 4. The molecule has 108 valence electrons. The molecule has 0 amide bonds. The Morgan fingerprint density at radius 2 is 1.73 bits per heavy atom. The molecule has 0 radical (unpaired) electrons. The fourth-order valence-electron chi connectivity index (χ4n) is 1.98. The number of nitrogens with zero attached hydrogens (tertiary/aromatic N) is 4. The van der Waals surface area contributed by atoms with Crippen molar-refractivity contribution < 1.29 is 14.3 Å². The van der Waals surface area contributed by atoms with Crippen LogP contribution in [0.4, 0.5) is 0 Å². The van der Waals surface area contributed by atoms with E-state index >= 15 is 0 Å². The molecule has 0 aliphatic rings. The molecule has 1 heterocycles. The lowest BCUT2D eigenvalue weighted by atomic mass is 10.0. The van der Waals surface area contributed by atoms with E-state index in [0.717, 1.165) is 0 Å². The molecule has 0 N–H and O–H groups in total. The van der Waals surface area contributed by atoms with Crippen LogP contribution in [0, 0.1) is 22.7 Å². The zero-order valence-electron chi connectivity index (χ0n) is 11.8. The first-order valence-electron chi connectivity index (χ1n) is 6.07. The van der Waals surface area contributed by atoms with Gasteiger partial charge in [0.1, 0.15) is 23.6 Å². The fraction of sp³-hybridized carbons (Fsp3) is 0.133. The molecule has 7 nitrogen and oxygen atoms in total. The van der Waals surface area contributed by atoms with Crippen molar-refractivity contribution in [2.45, 2.75) is 0 Å². The predicted octanol–water partition coefficient (Wildman–Crippen LogP) is 1.72. The fourth-order valence-corrected chi connectivity index (χ4v) is 1.98. The van der Waals surface area contributed by atoms with Crippen LogP contribution < -0.4 is 9.47 Å². The molecule has 0 spiro atoms. The van der Waals surface area contributed by atoms with Gasteiger partial charge in [0.15, 0.2) is 17.7 Å². The van der Waals surface area contributed by atoms with Crippen LogP contribution in [0.2, 0.25) is 0 Å². The van der Waals surface area contributed by atoms with Gasteiger partial charge in [0, 0.05) is 0 Å². The number of aldehydes is 1. The number of aromatic nitrogens is 2. The van der Waals surface area contributed by atoms with Gasteiger partial charge in [0.2, 0.25) is 0 Å². The van der Waals surface area contributed by atoms with Gasteiger partial charge in [-0.25, -0.2) is 9.97 Å². The third kappa shape index (κ3) is 2.43. The summed E-state index contributed by atoms with van der Waals surface area (Å²) in [7, 11) is 2.88. The molecule has 7 heteroatoms. The first-order valence-corrected chi connectivity index (χ1v) is 6.07. The second-order valence-electron chi connectivity index (χ2n) is 4.05. The molecule has 2 aromatic rings. The Bertz CT molecular complexity index is 819. The van der Waals surface area contributed by atoms with Crippen LogP contribution in [0.5, 0.6) is 11.5 Å². The third-order valence-corrected chi connectivity index (χ3v) is 2.97. The van der Waals surface area contributed by atoms with Gasteiger partial charge in [0.05, 0.1) is 37.2 Å². The van der Waals surface area contributed by atoms with Crippen molar-refractivity contribution in [3.63, 3.8) is 0 Å². The van der Waals surface area contributed by atoms with Gasteiger partial charge in [-0.05, 0) is 12.1 Å². The Kier molecular flexibility index (Phi) is 4.30. The number of methoxy groups -OCH3 is 2. The average molecular weight is 294 g/mol. The highest BCUT2D eigenvalue weighted by atomic mass is 16.5. The summed E-state index contributed by atoms with van der Waals surface area (Å²) in [5.41, 5.74) is 0.617. The Labute approximate surface area is 126 Å². The normalized spacial score (nSPS) is 9.45. The summed E-state index contributed by atoms with van der Waals surface area (Å²) in [6.45, 7) is 0. The van der Waals surface area contributed by atoms with E-state index in [2.05, 4.69) is 9.97 Å². The van der Waals surface area contributed by atoms with Crippen LogP contribution in [-0.2, 0) is 0 Å². The zero-order valence-corrected chi connectivity index (χ0v) is 11.8. The largest absolute Gasteiger partial charge is 0.496 e. The smallest absolute Gasteiger partial charge is 0.177 e. The van der Waals surface area contributed by atoms with E-state index < -0.39 is 0 Å². The number of hydrogen-bond acceptors (Lipinski definition) is 7. The van der Waals surface area contributed by atoms with Crippen LogP contribution >= 0.6 is 0 Å². The summed E-state index contributed by atoms with van der Waals surface area (Å²) < 4.78 is 10.4. The summed E-state index contributed by atoms with van der Waals surface area (Å²) in [6.07, 6.45) is 1.92. The van der Waals surface area contributed by atoms with Gasteiger partial charge < -0.3 is 9.47 Å². The van der Waals surface area contributed by atoms with Gasteiger partial charge >= 0.3 is 0 Å². The van der Waals surface area contributed by atoms with E-state index in [1.807, 2.05) is 0 Å². The topological polar surface area (TPSA) is 109 Å². The van der Waals surface area contributed by atoms with Crippen molar-refractivity contribution in [2.75, 3.05) is 14.2 Å². The molecular weight excluding hydrogens is 284 g/mol. The lowest BCUT2D eigenvalue weighted by molar-refractivity contribution is 0.112. The van der Waals surface area contributed by atoms with Crippen molar-refractivity contribution in [2.24, 2.45) is 0 Å². The molecule has 0 atom stereocenters.